The predicted molar refractivity (Wildman–Crippen MR) is 113 cm³/mol. The maximum absolute atomic E-state index is 11.6. The Kier molecular flexibility index (Phi) is 6.69. The molecule has 0 fully saturated rings. The molecule has 0 bridgehead atoms. The first-order valence-electron chi connectivity index (χ1n) is 9.99. The van der Waals surface area contributed by atoms with Crippen LogP contribution in [0.3, 0.4) is 0 Å². The molecule has 0 radical (unpaired) electrons. The van der Waals surface area contributed by atoms with E-state index in [4.69, 9.17) is 9.72 Å². The van der Waals surface area contributed by atoms with E-state index in [9.17, 15) is 4.79 Å². The van der Waals surface area contributed by atoms with Crippen molar-refractivity contribution in [2.24, 2.45) is 0 Å². The van der Waals surface area contributed by atoms with E-state index < -0.39 is 0 Å². The molecule has 5 heteroatoms. The number of imidazole rings is 1. The van der Waals surface area contributed by atoms with Crippen LogP contribution < -0.4 is 10.1 Å². The van der Waals surface area contributed by atoms with Crippen LogP contribution in [0.2, 0.25) is 0 Å². The summed E-state index contributed by atoms with van der Waals surface area (Å²) in [6, 6.07) is 14.4. The molecule has 3 rings (SSSR count). The van der Waals surface area contributed by atoms with Gasteiger partial charge in [0.15, 0.2) is 0 Å². The number of nitrogens with zero attached hydrogens (tertiary/aromatic N) is 2. The second kappa shape index (κ2) is 9.40. The highest BCUT2D eigenvalue weighted by Gasteiger charge is 2.11. The minimum Gasteiger partial charge on any atom is -0.493 e. The van der Waals surface area contributed by atoms with E-state index in [0.717, 1.165) is 42.0 Å². The van der Waals surface area contributed by atoms with Gasteiger partial charge in [0, 0.05) is 13.0 Å². The van der Waals surface area contributed by atoms with Gasteiger partial charge in [0.2, 0.25) is 5.91 Å². The third kappa shape index (κ3) is 4.91. The minimum absolute atomic E-state index is 0.0422. The van der Waals surface area contributed by atoms with Crippen molar-refractivity contribution in [3.05, 3.63) is 59.4 Å². The molecular weight excluding hydrogens is 350 g/mol. The monoisotopic (exact) mass is 379 g/mol. The summed E-state index contributed by atoms with van der Waals surface area (Å²) < 4.78 is 8.18. The van der Waals surface area contributed by atoms with E-state index in [2.05, 4.69) is 48.0 Å². The van der Waals surface area contributed by atoms with Gasteiger partial charge >= 0.3 is 0 Å². The Hall–Kier alpha value is -2.82. The molecule has 0 atom stereocenters. The molecule has 3 aromatic rings. The first-order valence-corrected chi connectivity index (χ1v) is 9.99. The maximum atomic E-state index is 11.6. The van der Waals surface area contributed by atoms with Crippen molar-refractivity contribution in [3.8, 4) is 5.75 Å². The molecular formula is C23H29N3O2. The van der Waals surface area contributed by atoms with Crippen molar-refractivity contribution >= 4 is 16.9 Å². The van der Waals surface area contributed by atoms with Crippen LogP contribution in [0.4, 0.5) is 0 Å². The number of aryl methyl sites for hydroxylation is 3. The number of rotatable bonds is 9. The van der Waals surface area contributed by atoms with Crippen LogP contribution in [-0.2, 0) is 17.9 Å². The quantitative estimate of drug-likeness (QED) is 0.555. The van der Waals surface area contributed by atoms with Gasteiger partial charge in [-0.1, -0.05) is 31.2 Å². The van der Waals surface area contributed by atoms with Crippen LogP contribution >= 0.6 is 0 Å². The van der Waals surface area contributed by atoms with Gasteiger partial charge in [-0.15, -0.1) is 0 Å². The predicted octanol–water partition coefficient (Wildman–Crippen LogP) is 4.54. The molecule has 0 saturated heterocycles. The van der Waals surface area contributed by atoms with Crippen molar-refractivity contribution in [1.29, 1.82) is 0 Å². The molecule has 1 N–H and O–H groups in total. The van der Waals surface area contributed by atoms with Gasteiger partial charge in [0.25, 0.3) is 0 Å². The summed E-state index contributed by atoms with van der Waals surface area (Å²) in [6.07, 6.45) is 2.43. The number of ether oxygens (including phenoxy) is 1. The zero-order valence-corrected chi connectivity index (χ0v) is 17.0. The minimum atomic E-state index is 0.0422. The fourth-order valence-electron chi connectivity index (χ4n) is 3.23. The molecule has 1 heterocycles. The van der Waals surface area contributed by atoms with Gasteiger partial charge in [-0.25, -0.2) is 4.98 Å². The van der Waals surface area contributed by atoms with Crippen molar-refractivity contribution in [3.63, 3.8) is 0 Å². The number of nitrogens with one attached hydrogen (secondary N) is 1. The van der Waals surface area contributed by atoms with Crippen molar-refractivity contribution in [2.45, 2.75) is 53.1 Å². The van der Waals surface area contributed by atoms with Crippen LogP contribution in [0.25, 0.3) is 11.0 Å². The molecule has 148 valence electrons. The molecule has 2 aromatic carbocycles. The van der Waals surface area contributed by atoms with E-state index >= 15 is 0 Å². The summed E-state index contributed by atoms with van der Waals surface area (Å²) in [6.45, 7) is 8.01. The second-order valence-corrected chi connectivity index (χ2v) is 7.12. The normalized spacial score (nSPS) is 11.0. The van der Waals surface area contributed by atoms with Gasteiger partial charge in [-0.3, -0.25) is 4.79 Å². The number of benzene rings is 2. The summed E-state index contributed by atoms with van der Waals surface area (Å²) in [5.74, 6) is 1.91. The van der Waals surface area contributed by atoms with Crippen LogP contribution in [-0.4, -0.2) is 22.1 Å². The second-order valence-electron chi connectivity index (χ2n) is 7.12. The third-order valence-electron chi connectivity index (χ3n) is 4.88. The maximum Gasteiger partial charge on any atom is 0.220 e. The Morgan fingerprint density at radius 1 is 1.14 bits per heavy atom. The fourth-order valence-corrected chi connectivity index (χ4v) is 3.23. The van der Waals surface area contributed by atoms with E-state index in [0.29, 0.717) is 19.6 Å². The molecule has 0 aliphatic carbocycles. The van der Waals surface area contributed by atoms with Gasteiger partial charge in [-0.05, 0) is 56.0 Å². The zero-order chi connectivity index (χ0) is 19.9. The first-order chi connectivity index (χ1) is 13.6. The number of carbonyl (C=O) groups is 1. The number of hydrogen-bond acceptors (Lipinski definition) is 3. The molecule has 0 spiro atoms. The Bertz CT molecular complexity index is 946. The average molecular weight is 380 g/mol. The summed E-state index contributed by atoms with van der Waals surface area (Å²) in [5.41, 5.74) is 4.46. The van der Waals surface area contributed by atoms with Crippen molar-refractivity contribution in [2.75, 3.05) is 6.61 Å². The summed E-state index contributed by atoms with van der Waals surface area (Å²) in [4.78, 5) is 16.3. The standard InChI is InChI=1S/C23H29N3O2/c1-4-23(27)24-16-22-25-19-9-5-6-10-20(19)26(22)13-7-8-14-28-21-15-17(2)11-12-18(21)3/h5-6,9-12,15H,4,7-8,13-14,16H2,1-3H3,(H,24,27). The highest BCUT2D eigenvalue weighted by molar-refractivity contribution is 5.77. The number of fused-ring (bicyclic) bond motifs is 1. The lowest BCUT2D eigenvalue weighted by molar-refractivity contribution is -0.120. The van der Waals surface area contributed by atoms with E-state index in [1.165, 1.54) is 11.1 Å². The summed E-state index contributed by atoms with van der Waals surface area (Å²) >= 11 is 0. The topological polar surface area (TPSA) is 56.2 Å². The molecule has 28 heavy (non-hydrogen) atoms. The Morgan fingerprint density at radius 3 is 2.79 bits per heavy atom. The number of hydrogen-bond donors (Lipinski definition) is 1. The van der Waals surface area contributed by atoms with E-state index in [1.54, 1.807) is 0 Å². The number of aromatic nitrogens is 2. The molecule has 0 unspecified atom stereocenters. The number of amides is 1. The van der Waals surface area contributed by atoms with Gasteiger partial charge in [-0.2, -0.15) is 0 Å². The first kappa shape index (κ1) is 19.9. The van der Waals surface area contributed by atoms with Crippen LogP contribution in [0.1, 0.15) is 43.1 Å². The molecule has 0 aliphatic heterocycles. The molecule has 1 aromatic heterocycles. The number of unbranched alkanes of at least 4 members (excludes halogenated alkanes) is 1. The van der Waals surface area contributed by atoms with Crippen molar-refractivity contribution < 1.29 is 9.53 Å². The third-order valence-corrected chi connectivity index (χ3v) is 4.88. The molecule has 0 saturated carbocycles. The Labute approximate surface area is 166 Å². The van der Waals surface area contributed by atoms with E-state index in [1.807, 2.05) is 25.1 Å². The highest BCUT2D eigenvalue weighted by Crippen LogP contribution is 2.20. The van der Waals surface area contributed by atoms with Gasteiger partial charge in [0.05, 0.1) is 24.2 Å². The molecule has 5 nitrogen and oxygen atoms in total. The Balaban J connectivity index is 1.60. The molecule has 1 amide bonds. The van der Waals surface area contributed by atoms with Crippen LogP contribution in [0.5, 0.6) is 5.75 Å². The zero-order valence-electron chi connectivity index (χ0n) is 17.0. The summed E-state index contributed by atoms with van der Waals surface area (Å²) in [5, 5.41) is 2.94. The van der Waals surface area contributed by atoms with Gasteiger partial charge < -0.3 is 14.6 Å². The molecule has 0 aliphatic rings. The lowest BCUT2D eigenvalue weighted by Gasteiger charge is -2.12. The fraction of sp³-hybridized carbons (Fsp3) is 0.391. The largest absolute Gasteiger partial charge is 0.493 e. The van der Waals surface area contributed by atoms with E-state index in [-0.39, 0.29) is 5.91 Å². The average Bonchev–Trinajstić information content (AvgIpc) is 3.06. The van der Waals surface area contributed by atoms with Crippen molar-refractivity contribution in [1.82, 2.24) is 14.9 Å². The van der Waals surface area contributed by atoms with Crippen LogP contribution in [0.15, 0.2) is 42.5 Å². The highest BCUT2D eigenvalue weighted by atomic mass is 16.5. The summed E-state index contributed by atoms with van der Waals surface area (Å²) in [7, 11) is 0. The van der Waals surface area contributed by atoms with Crippen LogP contribution in [0, 0.1) is 13.8 Å². The lowest BCUT2D eigenvalue weighted by Crippen LogP contribution is -2.23. The van der Waals surface area contributed by atoms with Gasteiger partial charge in [0.1, 0.15) is 11.6 Å². The smallest absolute Gasteiger partial charge is 0.220 e. The number of para-hydroxylation sites is 2. The Morgan fingerprint density at radius 2 is 1.96 bits per heavy atom. The number of carbonyl (C=O) groups excluding carboxylic acids is 1. The lowest BCUT2D eigenvalue weighted by atomic mass is 10.1. The SMILES string of the molecule is CCC(=O)NCc1nc2ccccc2n1CCCCOc1cc(C)ccc1C.